The average molecular weight is 315 g/mol. The second kappa shape index (κ2) is 5.21. The lowest BCUT2D eigenvalue weighted by atomic mass is 9.94. The molecule has 0 spiro atoms. The Balaban J connectivity index is 2.19. The summed E-state index contributed by atoms with van der Waals surface area (Å²) in [5.41, 5.74) is 1.54. The van der Waals surface area contributed by atoms with E-state index in [-0.39, 0.29) is 0 Å². The molecule has 4 rings (SSSR count). The third-order valence-corrected chi connectivity index (χ3v) is 6.00. The van der Waals surface area contributed by atoms with Crippen LogP contribution in [0, 0.1) is 0 Å². The van der Waals surface area contributed by atoms with E-state index in [0.717, 1.165) is 0 Å². The van der Waals surface area contributed by atoms with Crippen LogP contribution in [0.15, 0.2) is 66.7 Å². The van der Waals surface area contributed by atoms with Crippen LogP contribution < -0.4 is 0 Å². The molecule has 0 aliphatic rings. The maximum Gasteiger partial charge on any atom is 0.0487 e. The van der Waals surface area contributed by atoms with Crippen molar-refractivity contribution in [2.45, 2.75) is 25.7 Å². The Morgan fingerprint density at radius 2 is 1.26 bits per heavy atom. The van der Waals surface area contributed by atoms with Crippen LogP contribution in [0.4, 0.5) is 0 Å². The molecule has 4 aromatic rings. The number of fused-ring (bicyclic) bond motifs is 4. The summed E-state index contributed by atoms with van der Waals surface area (Å²) in [6.45, 7) is 7.38. The Morgan fingerprint density at radius 3 is 2.00 bits per heavy atom. The molecule has 0 fully saturated rings. The molecular formula is C22H22Si. The van der Waals surface area contributed by atoms with Gasteiger partial charge in [0.2, 0.25) is 0 Å². The fourth-order valence-electron chi connectivity index (χ4n) is 3.63. The fraction of sp³-hybridized carbons (Fsp3) is 0.182. The highest BCUT2D eigenvalue weighted by Crippen LogP contribution is 2.34. The van der Waals surface area contributed by atoms with Gasteiger partial charge in [-0.2, -0.15) is 0 Å². The van der Waals surface area contributed by atoms with Crippen LogP contribution in [-0.4, -0.2) is 8.07 Å². The Morgan fingerprint density at radius 1 is 0.609 bits per heavy atom. The first-order chi connectivity index (χ1) is 11.0. The van der Waals surface area contributed by atoms with Gasteiger partial charge < -0.3 is 0 Å². The lowest BCUT2D eigenvalue weighted by Crippen LogP contribution is -2.24. The van der Waals surface area contributed by atoms with Gasteiger partial charge in [-0.15, -0.1) is 0 Å². The second-order valence-corrected chi connectivity index (χ2v) is 13.2. The summed E-state index contributed by atoms with van der Waals surface area (Å²) in [4.78, 5) is 0. The smallest absolute Gasteiger partial charge is 0.0487 e. The van der Waals surface area contributed by atoms with Gasteiger partial charge in [0.1, 0.15) is 0 Å². The van der Waals surface area contributed by atoms with Crippen LogP contribution in [0.25, 0.3) is 32.3 Å². The molecule has 0 heterocycles. The van der Waals surface area contributed by atoms with Crippen molar-refractivity contribution in [3.8, 4) is 0 Å². The Labute approximate surface area is 138 Å². The molecule has 0 aliphatic carbocycles. The predicted octanol–water partition coefficient (Wildman–Crippen LogP) is 6.57. The fourth-order valence-corrected chi connectivity index (χ4v) is 5.07. The van der Waals surface area contributed by atoms with E-state index < -0.39 is 8.07 Å². The molecule has 0 saturated carbocycles. The van der Waals surface area contributed by atoms with Crippen LogP contribution in [0.5, 0.6) is 0 Å². The highest BCUT2D eigenvalue weighted by molar-refractivity contribution is 6.75. The lowest BCUT2D eigenvalue weighted by Gasteiger charge is -2.20. The number of rotatable bonds is 2. The molecular weight excluding hydrogens is 292 g/mol. The first kappa shape index (κ1) is 14.5. The maximum atomic E-state index is 2.46. The maximum absolute atomic E-state index is 2.46. The Hall–Kier alpha value is -2.12. The molecule has 0 amide bonds. The van der Waals surface area contributed by atoms with E-state index in [9.17, 15) is 0 Å². The average Bonchev–Trinajstić information content (AvgIpc) is 2.53. The number of hydrogen-bond acceptors (Lipinski definition) is 0. The third-order valence-electron chi connectivity index (χ3n) is 4.59. The van der Waals surface area contributed by atoms with Gasteiger partial charge in [0.05, 0.1) is 0 Å². The number of benzene rings is 4. The zero-order chi connectivity index (χ0) is 16.0. The molecule has 0 atom stereocenters. The van der Waals surface area contributed by atoms with Gasteiger partial charge >= 0.3 is 0 Å². The first-order valence-corrected chi connectivity index (χ1v) is 12.1. The van der Waals surface area contributed by atoms with Crippen LogP contribution in [-0.2, 0) is 6.04 Å². The van der Waals surface area contributed by atoms with Crippen molar-refractivity contribution in [2.24, 2.45) is 0 Å². The molecule has 0 aromatic heterocycles. The normalized spacial score (nSPS) is 12.3. The van der Waals surface area contributed by atoms with Gasteiger partial charge in [-0.05, 0) is 50.0 Å². The molecule has 0 unspecified atom stereocenters. The van der Waals surface area contributed by atoms with Gasteiger partial charge in [0, 0.05) is 8.07 Å². The molecule has 4 aromatic carbocycles. The van der Waals surface area contributed by atoms with Crippen molar-refractivity contribution in [1.29, 1.82) is 0 Å². The topological polar surface area (TPSA) is 0 Å². The SMILES string of the molecule is C[Si](C)(C)Cc1c2ccccc2cc2c1ccc1ccccc12. The largest absolute Gasteiger partial charge is 0.0693 e. The molecule has 23 heavy (non-hydrogen) atoms. The highest BCUT2D eigenvalue weighted by atomic mass is 28.3. The van der Waals surface area contributed by atoms with Crippen LogP contribution in [0.2, 0.25) is 19.6 Å². The van der Waals surface area contributed by atoms with Gasteiger partial charge in [-0.3, -0.25) is 0 Å². The van der Waals surface area contributed by atoms with Crippen molar-refractivity contribution in [3.05, 3.63) is 72.3 Å². The lowest BCUT2D eigenvalue weighted by molar-refractivity contribution is 1.37. The molecule has 0 aliphatic heterocycles. The van der Waals surface area contributed by atoms with Crippen molar-refractivity contribution in [3.63, 3.8) is 0 Å². The minimum Gasteiger partial charge on any atom is -0.0693 e. The monoisotopic (exact) mass is 314 g/mol. The standard InChI is InChI=1S/C22H22Si/c1-23(2,3)15-22-19-11-7-5-9-17(19)14-21-18-10-6-4-8-16(18)12-13-20(21)22/h4-14H,15H2,1-3H3. The summed E-state index contributed by atoms with van der Waals surface area (Å²) in [5.74, 6) is 0. The molecule has 0 N–H and O–H groups in total. The minimum atomic E-state index is -1.20. The van der Waals surface area contributed by atoms with E-state index in [0.29, 0.717) is 0 Å². The van der Waals surface area contributed by atoms with E-state index in [1.807, 2.05) is 0 Å². The molecule has 0 bridgehead atoms. The molecule has 114 valence electrons. The van der Waals surface area contributed by atoms with E-state index in [4.69, 9.17) is 0 Å². The number of hydrogen-bond donors (Lipinski definition) is 0. The molecule has 0 saturated heterocycles. The van der Waals surface area contributed by atoms with Crippen molar-refractivity contribution in [2.75, 3.05) is 0 Å². The Bertz CT molecular complexity index is 1020. The van der Waals surface area contributed by atoms with Gasteiger partial charge in [-0.25, -0.2) is 0 Å². The summed E-state index contributed by atoms with van der Waals surface area (Å²) in [7, 11) is -1.20. The molecule has 0 radical (unpaired) electrons. The first-order valence-electron chi connectivity index (χ1n) is 8.35. The molecule has 0 nitrogen and oxygen atoms in total. The summed E-state index contributed by atoms with van der Waals surface area (Å²) in [6, 6.07) is 25.8. The van der Waals surface area contributed by atoms with Crippen molar-refractivity contribution in [1.82, 2.24) is 0 Å². The zero-order valence-electron chi connectivity index (χ0n) is 14.1. The van der Waals surface area contributed by atoms with E-state index >= 15 is 0 Å². The van der Waals surface area contributed by atoms with Gasteiger partial charge in [0.25, 0.3) is 0 Å². The zero-order valence-corrected chi connectivity index (χ0v) is 15.1. The summed E-state index contributed by atoms with van der Waals surface area (Å²) in [6.07, 6.45) is 0. The summed E-state index contributed by atoms with van der Waals surface area (Å²) >= 11 is 0. The summed E-state index contributed by atoms with van der Waals surface area (Å²) in [5, 5.41) is 8.32. The van der Waals surface area contributed by atoms with Crippen LogP contribution >= 0.6 is 0 Å². The van der Waals surface area contributed by atoms with E-state index in [1.54, 1.807) is 5.56 Å². The summed E-state index contributed by atoms with van der Waals surface area (Å²) < 4.78 is 0. The van der Waals surface area contributed by atoms with Crippen molar-refractivity contribution >= 4 is 40.4 Å². The Kier molecular flexibility index (Phi) is 3.28. The van der Waals surface area contributed by atoms with E-state index in [1.165, 1.54) is 38.4 Å². The van der Waals surface area contributed by atoms with Gasteiger partial charge in [-0.1, -0.05) is 80.3 Å². The van der Waals surface area contributed by atoms with Gasteiger partial charge in [0.15, 0.2) is 0 Å². The highest BCUT2D eigenvalue weighted by Gasteiger charge is 2.18. The van der Waals surface area contributed by atoms with Crippen LogP contribution in [0.1, 0.15) is 5.56 Å². The molecule has 1 heteroatoms. The third kappa shape index (κ3) is 2.55. The predicted molar refractivity (Wildman–Crippen MR) is 106 cm³/mol. The quantitative estimate of drug-likeness (QED) is 0.223. The van der Waals surface area contributed by atoms with Crippen LogP contribution in [0.3, 0.4) is 0 Å². The van der Waals surface area contributed by atoms with E-state index in [2.05, 4.69) is 86.4 Å². The van der Waals surface area contributed by atoms with Crippen molar-refractivity contribution < 1.29 is 0 Å². The minimum absolute atomic E-state index is 1.20. The second-order valence-electron chi connectivity index (χ2n) is 7.70.